The first-order valence-electron chi connectivity index (χ1n) is 5.87. The van der Waals surface area contributed by atoms with Crippen LogP contribution >= 0.6 is 0 Å². The van der Waals surface area contributed by atoms with Gasteiger partial charge in [0, 0.05) is 11.4 Å². The molecular weight excluding hydrogens is 242 g/mol. The number of hydrogen-bond donors (Lipinski definition) is 3. The molecule has 0 fully saturated rings. The van der Waals surface area contributed by atoms with Crippen LogP contribution in [0.4, 0.5) is 5.69 Å². The summed E-state index contributed by atoms with van der Waals surface area (Å²) in [5, 5.41) is 10.1. The summed E-state index contributed by atoms with van der Waals surface area (Å²) >= 11 is 0. The van der Waals surface area contributed by atoms with Gasteiger partial charge in [-0.2, -0.15) is 5.10 Å². The summed E-state index contributed by atoms with van der Waals surface area (Å²) < 4.78 is 0. The molecule has 0 spiro atoms. The zero-order valence-corrected chi connectivity index (χ0v) is 11.4. The van der Waals surface area contributed by atoms with Crippen molar-refractivity contribution in [3.05, 3.63) is 29.3 Å². The summed E-state index contributed by atoms with van der Waals surface area (Å²) in [5.41, 5.74) is 13.8. The number of aryl methyl sites for hydroxylation is 2. The second kappa shape index (κ2) is 6.53. The third-order valence-electron chi connectivity index (χ3n) is 2.41. The maximum Gasteiger partial charge on any atom is 0.230 e. The molecule has 1 aromatic rings. The average molecular weight is 261 g/mol. The zero-order valence-electron chi connectivity index (χ0n) is 11.4. The maximum atomic E-state index is 11.8. The van der Waals surface area contributed by atoms with Crippen LogP contribution in [0.1, 0.15) is 24.5 Å². The topological polar surface area (TPSA) is 106 Å². The van der Waals surface area contributed by atoms with Gasteiger partial charge in [-0.05, 0) is 32.4 Å². The average Bonchev–Trinajstić information content (AvgIpc) is 2.30. The minimum Gasteiger partial charge on any atom is -0.369 e. The number of rotatable bonds is 4. The molecule has 0 saturated carbocycles. The Hall–Kier alpha value is -2.37. The Morgan fingerprint density at radius 3 is 2.53 bits per heavy atom. The van der Waals surface area contributed by atoms with Gasteiger partial charge in [0.1, 0.15) is 0 Å². The third kappa shape index (κ3) is 5.20. The van der Waals surface area contributed by atoms with Crippen LogP contribution in [-0.2, 0) is 4.79 Å². The number of carbonyl (C=O) groups excluding carboxylic acids is 1. The van der Waals surface area contributed by atoms with Crippen molar-refractivity contribution in [2.75, 3.05) is 5.32 Å². The molecule has 0 atom stereocenters. The van der Waals surface area contributed by atoms with Gasteiger partial charge < -0.3 is 16.8 Å². The van der Waals surface area contributed by atoms with Crippen molar-refractivity contribution in [3.8, 4) is 0 Å². The molecule has 0 unspecified atom stereocenters. The van der Waals surface area contributed by atoms with Crippen LogP contribution in [0.2, 0.25) is 0 Å². The zero-order chi connectivity index (χ0) is 14.4. The Kier molecular flexibility index (Phi) is 5.05. The van der Waals surface area contributed by atoms with Crippen LogP contribution < -0.4 is 16.8 Å². The smallest absolute Gasteiger partial charge is 0.230 e. The minimum atomic E-state index is -0.154. The number of hydrogen-bond acceptors (Lipinski definition) is 3. The SMILES string of the molecule is C/C(CC(=O)Nc1ccc(C)cc1C)=N/N=C(N)N. The molecule has 0 radical (unpaired) electrons. The molecule has 1 rings (SSSR count). The molecule has 0 bridgehead atoms. The van der Waals surface area contributed by atoms with E-state index in [0.29, 0.717) is 5.71 Å². The van der Waals surface area contributed by atoms with Crippen LogP contribution in [0.15, 0.2) is 28.4 Å². The van der Waals surface area contributed by atoms with Crippen molar-refractivity contribution < 1.29 is 4.79 Å². The fourth-order valence-electron chi connectivity index (χ4n) is 1.56. The fourth-order valence-corrected chi connectivity index (χ4v) is 1.56. The Labute approximate surface area is 112 Å². The number of nitrogens with zero attached hydrogens (tertiary/aromatic N) is 2. The van der Waals surface area contributed by atoms with Crippen LogP contribution in [0.25, 0.3) is 0 Å². The lowest BCUT2D eigenvalue weighted by molar-refractivity contribution is -0.115. The number of anilines is 1. The van der Waals surface area contributed by atoms with Gasteiger partial charge in [-0.25, -0.2) is 0 Å². The summed E-state index contributed by atoms with van der Waals surface area (Å²) in [5.74, 6) is -0.284. The van der Waals surface area contributed by atoms with E-state index in [1.54, 1.807) is 6.92 Å². The molecule has 0 aliphatic heterocycles. The summed E-state index contributed by atoms with van der Waals surface area (Å²) in [6.07, 6.45) is 0.143. The van der Waals surface area contributed by atoms with Crippen molar-refractivity contribution in [1.82, 2.24) is 0 Å². The molecule has 6 heteroatoms. The van der Waals surface area contributed by atoms with Crippen molar-refractivity contribution in [3.63, 3.8) is 0 Å². The normalized spacial score (nSPS) is 11.0. The Morgan fingerprint density at radius 2 is 1.95 bits per heavy atom. The number of nitrogens with one attached hydrogen (secondary N) is 1. The predicted octanol–water partition coefficient (Wildman–Crippen LogP) is 1.28. The van der Waals surface area contributed by atoms with Crippen molar-refractivity contribution in [2.45, 2.75) is 27.2 Å². The van der Waals surface area contributed by atoms with E-state index in [0.717, 1.165) is 16.8 Å². The van der Waals surface area contributed by atoms with Gasteiger partial charge in [0.25, 0.3) is 0 Å². The molecule has 0 aromatic heterocycles. The van der Waals surface area contributed by atoms with Gasteiger partial charge in [0.2, 0.25) is 11.9 Å². The first kappa shape index (κ1) is 14.7. The molecule has 1 amide bonds. The Morgan fingerprint density at radius 1 is 1.26 bits per heavy atom. The van der Waals surface area contributed by atoms with E-state index >= 15 is 0 Å². The highest BCUT2D eigenvalue weighted by molar-refractivity contribution is 6.05. The molecule has 0 aliphatic rings. The van der Waals surface area contributed by atoms with Crippen LogP contribution in [0.5, 0.6) is 0 Å². The number of benzene rings is 1. The van der Waals surface area contributed by atoms with Crippen LogP contribution in [-0.4, -0.2) is 17.6 Å². The van der Waals surface area contributed by atoms with E-state index < -0.39 is 0 Å². The summed E-state index contributed by atoms with van der Waals surface area (Å²) in [4.78, 5) is 11.8. The van der Waals surface area contributed by atoms with Crippen molar-refractivity contribution in [2.24, 2.45) is 21.7 Å². The van der Waals surface area contributed by atoms with E-state index in [4.69, 9.17) is 11.5 Å². The number of amides is 1. The predicted molar refractivity (Wildman–Crippen MR) is 78.1 cm³/mol. The van der Waals surface area contributed by atoms with Crippen molar-refractivity contribution in [1.29, 1.82) is 0 Å². The Bertz CT molecular complexity index is 530. The maximum absolute atomic E-state index is 11.8. The summed E-state index contributed by atoms with van der Waals surface area (Å²) in [6.45, 7) is 5.64. The van der Waals surface area contributed by atoms with Gasteiger partial charge >= 0.3 is 0 Å². The lowest BCUT2D eigenvalue weighted by atomic mass is 10.1. The lowest BCUT2D eigenvalue weighted by Crippen LogP contribution is -2.22. The van der Waals surface area contributed by atoms with E-state index in [9.17, 15) is 4.79 Å². The van der Waals surface area contributed by atoms with Gasteiger partial charge in [0.15, 0.2) is 0 Å². The second-order valence-electron chi connectivity index (χ2n) is 4.40. The Balaban J connectivity index is 2.65. The third-order valence-corrected chi connectivity index (χ3v) is 2.41. The number of nitrogens with two attached hydrogens (primary N) is 2. The monoisotopic (exact) mass is 261 g/mol. The molecule has 0 heterocycles. The fraction of sp³-hybridized carbons (Fsp3) is 0.308. The highest BCUT2D eigenvalue weighted by atomic mass is 16.1. The lowest BCUT2D eigenvalue weighted by Gasteiger charge is -2.08. The van der Waals surface area contributed by atoms with Crippen LogP contribution in [0.3, 0.4) is 0 Å². The van der Waals surface area contributed by atoms with E-state index in [1.807, 2.05) is 32.0 Å². The standard InChI is InChI=1S/C13H19N5O/c1-8-4-5-11(9(2)6-8)16-12(19)7-10(3)17-18-13(14)15/h4-6H,7H2,1-3H3,(H,16,19)(H4,14,15,18)/b17-10-. The first-order chi connectivity index (χ1) is 8.88. The minimum absolute atomic E-state index is 0.130. The quantitative estimate of drug-likeness (QED) is 0.432. The van der Waals surface area contributed by atoms with Gasteiger partial charge in [-0.1, -0.05) is 17.7 Å². The molecule has 5 N–H and O–H groups in total. The molecule has 1 aromatic carbocycles. The summed E-state index contributed by atoms with van der Waals surface area (Å²) in [6, 6.07) is 5.84. The highest BCUT2D eigenvalue weighted by Gasteiger charge is 2.06. The van der Waals surface area contributed by atoms with E-state index in [2.05, 4.69) is 15.5 Å². The van der Waals surface area contributed by atoms with Crippen LogP contribution in [0, 0.1) is 13.8 Å². The molecule has 0 aliphatic carbocycles. The molecular formula is C13H19N5O. The molecule has 0 saturated heterocycles. The number of guanidine groups is 1. The number of carbonyl (C=O) groups is 1. The second-order valence-corrected chi connectivity index (χ2v) is 4.40. The van der Waals surface area contributed by atoms with E-state index in [-0.39, 0.29) is 18.3 Å². The largest absolute Gasteiger partial charge is 0.369 e. The van der Waals surface area contributed by atoms with E-state index in [1.165, 1.54) is 0 Å². The molecule has 19 heavy (non-hydrogen) atoms. The summed E-state index contributed by atoms with van der Waals surface area (Å²) in [7, 11) is 0. The van der Waals surface area contributed by atoms with Gasteiger partial charge in [-0.15, -0.1) is 5.10 Å². The molecule has 6 nitrogen and oxygen atoms in total. The van der Waals surface area contributed by atoms with Gasteiger partial charge in [0.05, 0.1) is 6.42 Å². The molecule has 102 valence electrons. The highest BCUT2D eigenvalue weighted by Crippen LogP contribution is 2.16. The first-order valence-corrected chi connectivity index (χ1v) is 5.87. The van der Waals surface area contributed by atoms with Gasteiger partial charge in [-0.3, -0.25) is 4.79 Å². The van der Waals surface area contributed by atoms with Crippen molar-refractivity contribution >= 4 is 23.3 Å².